The number of hydrogen-bond donors (Lipinski definition) is 1. The maximum Gasteiger partial charge on any atom is 0.261 e. The monoisotopic (exact) mass is 488 g/mol. The molecule has 0 saturated heterocycles. The van der Waals surface area contributed by atoms with Gasteiger partial charge in [0.15, 0.2) is 6.61 Å². The van der Waals surface area contributed by atoms with Crippen LogP contribution in [0.1, 0.15) is 50.3 Å². The Balaban J connectivity index is 2.15. The van der Waals surface area contributed by atoms with Crippen molar-refractivity contribution in [1.29, 1.82) is 0 Å². The molecule has 5 nitrogen and oxygen atoms in total. The van der Waals surface area contributed by atoms with Gasteiger partial charge in [-0.15, -0.1) is 0 Å². The van der Waals surface area contributed by atoms with Crippen LogP contribution in [0, 0.1) is 6.92 Å². The second-order valence-corrected chi connectivity index (χ2v) is 8.53. The Kier molecular flexibility index (Phi) is 10.0. The van der Waals surface area contributed by atoms with Gasteiger partial charge in [0.1, 0.15) is 11.8 Å². The van der Waals surface area contributed by atoms with Crippen LogP contribution >= 0.6 is 15.9 Å². The first-order chi connectivity index (χ1) is 14.9. The number of unbranched alkanes of at least 4 members (excludes halogenated alkanes) is 1. The van der Waals surface area contributed by atoms with Crippen molar-refractivity contribution >= 4 is 27.7 Å². The SMILES string of the molecule is CCCCNC(=O)[C@@H](C)N(Cc1ccccc1C)C(=O)COc1ccc(CC)cc1Br. The van der Waals surface area contributed by atoms with Gasteiger partial charge < -0.3 is 15.0 Å². The smallest absolute Gasteiger partial charge is 0.261 e. The number of hydrogen-bond acceptors (Lipinski definition) is 3. The number of nitrogens with zero attached hydrogens (tertiary/aromatic N) is 1. The third kappa shape index (κ3) is 7.39. The van der Waals surface area contributed by atoms with Crippen LogP contribution in [-0.4, -0.2) is 35.9 Å². The molecule has 0 unspecified atom stereocenters. The van der Waals surface area contributed by atoms with Crippen LogP contribution in [0.3, 0.4) is 0 Å². The molecular formula is C25H33BrN2O3. The zero-order chi connectivity index (χ0) is 22.8. The summed E-state index contributed by atoms with van der Waals surface area (Å²) in [6, 6.07) is 13.1. The van der Waals surface area contributed by atoms with Gasteiger partial charge >= 0.3 is 0 Å². The minimum Gasteiger partial charge on any atom is -0.483 e. The Hall–Kier alpha value is -2.34. The van der Waals surface area contributed by atoms with Gasteiger partial charge in [-0.2, -0.15) is 0 Å². The van der Waals surface area contributed by atoms with E-state index in [0.29, 0.717) is 18.8 Å². The fraction of sp³-hybridized carbons (Fsp3) is 0.440. The summed E-state index contributed by atoms with van der Waals surface area (Å²) in [7, 11) is 0. The van der Waals surface area contributed by atoms with Crippen molar-refractivity contribution in [2.75, 3.05) is 13.2 Å². The second-order valence-electron chi connectivity index (χ2n) is 7.68. The summed E-state index contributed by atoms with van der Waals surface area (Å²) in [6.45, 7) is 8.76. The molecule has 1 N–H and O–H groups in total. The van der Waals surface area contributed by atoms with Gasteiger partial charge in [0.2, 0.25) is 5.91 Å². The lowest BCUT2D eigenvalue weighted by Gasteiger charge is -2.29. The number of halogens is 1. The van der Waals surface area contributed by atoms with Gasteiger partial charge in [-0.3, -0.25) is 9.59 Å². The van der Waals surface area contributed by atoms with E-state index in [4.69, 9.17) is 4.74 Å². The van der Waals surface area contributed by atoms with E-state index in [1.165, 1.54) is 5.56 Å². The molecule has 2 rings (SSSR count). The zero-order valence-corrected chi connectivity index (χ0v) is 20.5. The van der Waals surface area contributed by atoms with Crippen molar-refractivity contribution in [2.24, 2.45) is 0 Å². The number of carbonyl (C=O) groups is 2. The van der Waals surface area contributed by atoms with Crippen molar-refractivity contribution in [3.8, 4) is 5.75 Å². The molecule has 2 aromatic carbocycles. The molecule has 168 valence electrons. The van der Waals surface area contributed by atoms with Gasteiger partial charge in [-0.25, -0.2) is 0 Å². The van der Waals surface area contributed by atoms with Crippen LogP contribution in [0.4, 0.5) is 0 Å². The van der Waals surface area contributed by atoms with Gasteiger partial charge in [0, 0.05) is 13.1 Å². The molecule has 0 aliphatic heterocycles. The molecule has 0 radical (unpaired) electrons. The number of nitrogens with one attached hydrogen (secondary N) is 1. The van der Waals surface area contributed by atoms with Crippen LogP contribution in [0.2, 0.25) is 0 Å². The molecule has 6 heteroatoms. The van der Waals surface area contributed by atoms with E-state index in [-0.39, 0.29) is 18.4 Å². The number of aryl methyl sites for hydroxylation is 2. The van der Waals surface area contributed by atoms with Crippen LogP contribution in [0.15, 0.2) is 46.9 Å². The Morgan fingerprint density at radius 2 is 1.90 bits per heavy atom. The Bertz CT molecular complexity index is 885. The zero-order valence-electron chi connectivity index (χ0n) is 18.9. The third-order valence-corrected chi connectivity index (χ3v) is 5.97. The highest BCUT2D eigenvalue weighted by Crippen LogP contribution is 2.26. The number of amides is 2. The minimum atomic E-state index is -0.599. The summed E-state index contributed by atoms with van der Waals surface area (Å²) in [5.41, 5.74) is 3.28. The topological polar surface area (TPSA) is 58.6 Å². The van der Waals surface area contributed by atoms with E-state index in [2.05, 4.69) is 35.1 Å². The van der Waals surface area contributed by atoms with E-state index in [9.17, 15) is 9.59 Å². The average Bonchev–Trinajstić information content (AvgIpc) is 2.77. The maximum absolute atomic E-state index is 13.1. The first kappa shape index (κ1) is 24.9. The van der Waals surface area contributed by atoms with Crippen LogP contribution < -0.4 is 10.1 Å². The van der Waals surface area contributed by atoms with Crippen LogP contribution in [0.5, 0.6) is 5.75 Å². The second kappa shape index (κ2) is 12.5. The van der Waals surface area contributed by atoms with Crippen molar-refractivity contribution in [1.82, 2.24) is 10.2 Å². The van der Waals surface area contributed by atoms with E-state index < -0.39 is 6.04 Å². The van der Waals surface area contributed by atoms with Crippen LogP contribution in [0.25, 0.3) is 0 Å². The summed E-state index contributed by atoms with van der Waals surface area (Å²) in [4.78, 5) is 27.4. The van der Waals surface area contributed by atoms with E-state index in [1.807, 2.05) is 49.4 Å². The van der Waals surface area contributed by atoms with Crippen molar-refractivity contribution in [2.45, 2.75) is 59.5 Å². The van der Waals surface area contributed by atoms with Crippen molar-refractivity contribution in [3.63, 3.8) is 0 Å². The molecule has 1 atom stereocenters. The molecule has 0 heterocycles. The predicted octanol–water partition coefficient (Wildman–Crippen LogP) is 5.03. The van der Waals surface area contributed by atoms with Gasteiger partial charge in [-0.05, 0) is 71.4 Å². The lowest BCUT2D eigenvalue weighted by molar-refractivity contribution is -0.142. The molecule has 0 aromatic heterocycles. The summed E-state index contributed by atoms with van der Waals surface area (Å²) in [6.07, 6.45) is 2.84. The first-order valence-electron chi connectivity index (χ1n) is 10.9. The summed E-state index contributed by atoms with van der Waals surface area (Å²) in [5.74, 6) is 0.234. The molecule has 0 aliphatic rings. The molecule has 0 spiro atoms. The maximum atomic E-state index is 13.1. The van der Waals surface area contributed by atoms with Gasteiger partial charge in [-0.1, -0.05) is 50.6 Å². The highest BCUT2D eigenvalue weighted by Gasteiger charge is 2.26. The number of ether oxygens (including phenoxy) is 1. The molecular weight excluding hydrogens is 456 g/mol. The predicted molar refractivity (Wildman–Crippen MR) is 128 cm³/mol. The van der Waals surface area contributed by atoms with E-state index in [1.54, 1.807) is 11.8 Å². The standard InChI is InChI=1S/C25H33BrN2O3/c1-5-7-14-27-25(30)19(4)28(16-21-11-9-8-10-18(21)3)24(29)17-31-23-13-12-20(6-2)15-22(23)26/h8-13,15,19H,5-7,14,16-17H2,1-4H3,(H,27,30)/t19-/m1/s1. The molecule has 2 amide bonds. The van der Waals surface area contributed by atoms with E-state index >= 15 is 0 Å². The lowest BCUT2D eigenvalue weighted by Crippen LogP contribution is -2.49. The lowest BCUT2D eigenvalue weighted by atomic mass is 10.1. The Morgan fingerprint density at radius 1 is 1.16 bits per heavy atom. The van der Waals surface area contributed by atoms with Gasteiger partial charge in [0.05, 0.1) is 4.47 Å². The highest BCUT2D eigenvalue weighted by molar-refractivity contribution is 9.10. The number of rotatable bonds is 11. The Labute approximate surface area is 194 Å². The minimum absolute atomic E-state index is 0.136. The van der Waals surface area contributed by atoms with Crippen molar-refractivity contribution in [3.05, 3.63) is 63.6 Å². The summed E-state index contributed by atoms with van der Waals surface area (Å²) >= 11 is 3.51. The third-order valence-electron chi connectivity index (χ3n) is 5.35. The number of benzene rings is 2. The highest BCUT2D eigenvalue weighted by atomic mass is 79.9. The average molecular weight is 489 g/mol. The number of carbonyl (C=O) groups excluding carboxylic acids is 2. The largest absolute Gasteiger partial charge is 0.483 e. The first-order valence-corrected chi connectivity index (χ1v) is 11.7. The summed E-state index contributed by atoms with van der Waals surface area (Å²) in [5, 5.41) is 2.93. The fourth-order valence-electron chi connectivity index (χ4n) is 3.19. The van der Waals surface area contributed by atoms with Crippen LogP contribution in [-0.2, 0) is 22.6 Å². The molecule has 0 saturated carbocycles. The molecule has 0 aliphatic carbocycles. The molecule has 31 heavy (non-hydrogen) atoms. The van der Waals surface area contributed by atoms with Gasteiger partial charge in [0.25, 0.3) is 5.91 Å². The molecule has 0 bridgehead atoms. The normalized spacial score (nSPS) is 11.6. The fourth-order valence-corrected chi connectivity index (χ4v) is 3.73. The van der Waals surface area contributed by atoms with E-state index in [0.717, 1.165) is 34.9 Å². The molecule has 2 aromatic rings. The Morgan fingerprint density at radius 3 is 2.55 bits per heavy atom. The summed E-state index contributed by atoms with van der Waals surface area (Å²) < 4.78 is 6.62. The molecule has 0 fully saturated rings. The van der Waals surface area contributed by atoms with Crippen molar-refractivity contribution < 1.29 is 14.3 Å². The quantitative estimate of drug-likeness (QED) is 0.451.